The second-order valence-electron chi connectivity index (χ2n) is 9.25. The lowest BCUT2D eigenvalue weighted by Crippen LogP contribution is -1.98. The van der Waals surface area contributed by atoms with E-state index < -0.39 is 0 Å². The zero-order chi connectivity index (χ0) is 28.2. The molecule has 0 N–H and O–H groups in total. The molecule has 6 nitrogen and oxygen atoms in total. The fourth-order valence-corrected chi connectivity index (χ4v) is 5.00. The zero-order valence-electron chi connectivity index (χ0n) is 21.9. The van der Waals surface area contributed by atoms with Crippen LogP contribution in [0.15, 0.2) is 97.3 Å². The molecular weight excluding hydrogens is 492 g/mol. The lowest BCUT2D eigenvalue weighted by atomic mass is 10.1. The standard InChI is InChI=1S/2C17H11N3/c2*1-12-11-20(16-7-3-2-6-14(12)16)17-8-4-5-13(9-18)15(17)10-19/h2*2-8,11H,1H3. The molecule has 0 saturated heterocycles. The third kappa shape index (κ3) is 4.33. The maximum Gasteiger partial charge on any atom is 0.103 e. The summed E-state index contributed by atoms with van der Waals surface area (Å²) in [5.74, 6) is 0. The summed E-state index contributed by atoms with van der Waals surface area (Å²) >= 11 is 0. The first-order valence-electron chi connectivity index (χ1n) is 12.5. The van der Waals surface area contributed by atoms with Gasteiger partial charge in [0.1, 0.15) is 24.3 Å². The quantitative estimate of drug-likeness (QED) is 0.241. The molecule has 0 bridgehead atoms. The second-order valence-corrected chi connectivity index (χ2v) is 9.25. The van der Waals surface area contributed by atoms with E-state index in [1.54, 1.807) is 24.3 Å². The van der Waals surface area contributed by atoms with E-state index in [0.29, 0.717) is 22.3 Å². The number of rotatable bonds is 2. The van der Waals surface area contributed by atoms with E-state index in [2.05, 4.69) is 36.4 Å². The van der Waals surface area contributed by atoms with Crippen molar-refractivity contribution in [2.24, 2.45) is 0 Å². The molecule has 0 unspecified atom stereocenters. The summed E-state index contributed by atoms with van der Waals surface area (Å²) in [6, 6.07) is 35.2. The van der Waals surface area contributed by atoms with E-state index in [4.69, 9.17) is 10.5 Å². The predicted molar refractivity (Wildman–Crippen MR) is 155 cm³/mol. The molecule has 0 amide bonds. The summed E-state index contributed by atoms with van der Waals surface area (Å²) in [4.78, 5) is 0. The molecule has 6 rings (SSSR count). The van der Waals surface area contributed by atoms with Crippen LogP contribution < -0.4 is 0 Å². The normalized spacial score (nSPS) is 10.2. The second kappa shape index (κ2) is 10.7. The average molecular weight is 515 g/mol. The van der Waals surface area contributed by atoms with E-state index in [9.17, 15) is 10.5 Å². The van der Waals surface area contributed by atoms with Crippen LogP contribution in [0.3, 0.4) is 0 Å². The Kier molecular flexibility index (Phi) is 6.86. The number of fused-ring (bicyclic) bond motifs is 2. The van der Waals surface area contributed by atoms with Crippen molar-refractivity contribution in [1.82, 2.24) is 9.13 Å². The molecular formula is C34H22N6. The van der Waals surface area contributed by atoms with Gasteiger partial charge in [-0.3, -0.25) is 0 Å². The highest BCUT2D eigenvalue weighted by Gasteiger charge is 2.14. The molecule has 188 valence electrons. The van der Waals surface area contributed by atoms with Crippen LogP contribution >= 0.6 is 0 Å². The molecule has 0 fully saturated rings. The number of aromatic nitrogens is 2. The Hall–Kier alpha value is -6.08. The molecule has 6 heteroatoms. The van der Waals surface area contributed by atoms with Crippen molar-refractivity contribution in [3.8, 4) is 35.7 Å². The van der Waals surface area contributed by atoms with Crippen LogP contribution in [0, 0.1) is 59.2 Å². The Morgan fingerprint density at radius 1 is 0.475 bits per heavy atom. The van der Waals surface area contributed by atoms with Gasteiger partial charge < -0.3 is 9.13 Å². The topological polar surface area (TPSA) is 105 Å². The third-order valence-corrected chi connectivity index (χ3v) is 6.89. The number of hydrogen-bond donors (Lipinski definition) is 0. The Labute approximate surface area is 232 Å². The molecule has 0 spiro atoms. The molecule has 0 radical (unpaired) electrons. The average Bonchev–Trinajstić information content (AvgIpc) is 3.53. The van der Waals surface area contributed by atoms with Gasteiger partial charge in [-0.1, -0.05) is 48.5 Å². The Morgan fingerprint density at radius 3 is 1.25 bits per heavy atom. The highest BCUT2D eigenvalue weighted by atomic mass is 15.0. The minimum atomic E-state index is 0.403. The van der Waals surface area contributed by atoms with Gasteiger partial charge >= 0.3 is 0 Å². The van der Waals surface area contributed by atoms with Crippen molar-refractivity contribution >= 4 is 21.8 Å². The summed E-state index contributed by atoms with van der Waals surface area (Å²) in [5.41, 5.74) is 7.49. The van der Waals surface area contributed by atoms with Crippen LogP contribution in [-0.2, 0) is 0 Å². The summed E-state index contributed by atoms with van der Waals surface area (Å²) in [6.07, 6.45) is 4.00. The maximum absolute atomic E-state index is 9.36. The lowest BCUT2D eigenvalue weighted by molar-refractivity contribution is 1.11. The van der Waals surface area contributed by atoms with Gasteiger partial charge in [0.15, 0.2) is 0 Å². The highest BCUT2D eigenvalue weighted by Crippen LogP contribution is 2.28. The van der Waals surface area contributed by atoms with Crippen molar-refractivity contribution in [3.05, 3.63) is 131 Å². The van der Waals surface area contributed by atoms with Crippen LogP contribution in [0.5, 0.6) is 0 Å². The fourth-order valence-electron chi connectivity index (χ4n) is 5.00. The Bertz CT molecular complexity index is 1930. The molecule has 0 aliphatic carbocycles. The van der Waals surface area contributed by atoms with Crippen LogP contribution in [0.2, 0.25) is 0 Å². The molecule has 40 heavy (non-hydrogen) atoms. The first-order chi connectivity index (χ1) is 19.5. The van der Waals surface area contributed by atoms with Crippen LogP contribution in [-0.4, -0.2) is 9.13 Å². The third-order valence-electron chi connectivity index (χ3n) is 6.89. The summed E-state index contributed by atoms with van der Waals surface area (Å²) in [7, 11) is 0. The summed E-state index contributed by atoms with van der Waals surface area (Å²) < 4.78 is 3.95. The van der Waals surface area contributed by atoms with Gasteiger partial charge in [-0.2, -0.15) is 21.0 Å². The predicted octanol–water partition coefficient (Wildman–Crippen LogP) is 7.36. The number of para-hydroxylation sites is 2. The lowest BCUT2D eigenvalue weighted by Gasteiger charge is -2.08. The molecule has 0 aliphatic rings. The Morgan fingerprint density at radius 2 is 0.875 bits per heavy atom. The molecule has 2 aromatic heterocycles. The number of benzene rings is 4. The molecule has 4 aromatic carbocycles. The van der Waals surface area contributed by atoms with Gasteiger partial charge in [0.25, 0.3) is 0 Å². The van der Waals surface area contributed by atoms with Crippen LogP contribution in [0.1, 0.15) is 33.4 Å². The van der Waals surface area contributed by atoms with Crippen LogP contribution in [0.4, 0.5) is 0 Å². The van der Waals surface area contributed by atoms with Crippen molar-refractivity contribution < 1.29 is 0 Å². The number of nitrogens with zero attached hydrogens (tertiary/aromatic N) is 6. The van der Waals surface area contributed by atoms with E-state index in [1.165, 1.54) is 0 Å². The molecule has 0 saturated carbocycles. The largest absolute Gasteiger partial charge is 0.315 e. The number of aryl methyl sites for hydroxylation is 2. The SMILES string of the molecule is Cc1cn(-c2cccc(C#N)c2C#N)c2ccccc12.Cc1cn(-c2cccc(C#N)c2C#N)c2ccccc12. The molecule has 0 aliphatic heterocycles. The van der Waals surface area contributed by atoms with Gasteiger partial charge in [-0.25, -0.2) is 0 Å². The molecule has 6 aromatic rings. The van der Waals surface area contributed by atoms with Crippen molar-refractivity contribution in [2.45, 2.75) is 13.8 Å². The minimum absolute atomic E-state index is 0.403. The molecule has 2 heterocycles. The summed E-state index contributed by atoms with van der Waals surface area (Å²) in [6.45, 7) is 4.08. The van der Waals surface area contributed by atoms with Gasteiger partial charge in [-0.05, 0) is 61.4 Å². The first-order valence-corrected chi connectivity index (χ1v) is 12.5. The zero-order valence-corrected chi connectivity index (χ0v) is 21.9. The highest BCUT2D eigenvalue weighted by molar-refractivity contribution is 5.87. The van der Waals surface area contributed by atoms with Crippen molar-refractivity contribution in [1.29, 1.82) is 21.0 Å². The monoisotopic (exact) mass is 514 g/mol. The number of hydrogen-bond acceptors (Lipinski definition) is 4. The Balaban J connectivity index is 0.000000161. The minimum Gasteiger partial charge on any atom is -0.315 e. The summed E-state index contributed by atoms with van der Waals surface area (Å²) in [5, 5.41) is 39.3. The molecule has 0 atom stereocenters. The van der Waals surface area contributed by atoms with Gasteiger partial charge in [-0.15, -0.1) is 0 Å². The van der Waals surface area contributed by atoms with E-state index >= 15 is 0 Å². The first kappa shape index (κ1) is 25.6. The van der Waals surface area contributed by atoms with Gasteiger partial charge in [0.2, 0.25) is 0 Å². The fraction of sp³-hybridized carbons (Fsp3) is 0.0588. The van der Waals surface area contributed by atoms with E-state index in [1.807, 2.05) is 83.9 Å². The van der Waals surface area contributed by atoms with Gasteiger partial charge in [0, 0.05) is 23.2 Å². The van der Waals surface area contributed by atoms with E-state index in [0.717, 1.165) is 44.3 Å². The van der Waals surface area contributed by atoms with E-state index in [-0.39, 0.29) is 0 Å². The van der Waals surface area contributed by atoms with Crippen LogP contribution in [0.25, 0.3) is 33.2 Å². The maximum atomic E-state index is 9.36. The number of nitriles is 4. The van der Waals surface area contributed by atoms with Crippen molar-refractivity contribution in [3.63, 3.8) is 0 Å². The van der Waals surface area contributed by atoms with Gasteiger partial charge in [0.05, 0.1) is 44.7 Å². The van der Waals surface area contributed by atoms with Crippen molar-refractivity contribution in [2.75, 3.05) is 0 Å². The smallest absolute Gasteiger partial charge is 0.103 e.